The molecule has 1 rings (SSSR count). The summed E-state index contributed by atoms with van der Waals surface area (Å²) in [6.45, 7) is 2.28. The highest BCUT2D eigenvalue weighted by Crippen LogP contribution is 2.21. The zero-order valence-electron chi connectivity index (χ0n) is 19.6. The van der Waals surface area contributed by atoms with Crippen LogP contribution >= 0.6 is 0 Å². The number of ether oxygens (including phenoxy) is 1. The molecule has 0 saturated heterocycles. The summed E-state index contributed by atoms with van der Waals surface area (Å²) in [7, 11) is 0. The minimum absolute atomic E-state index is 0.0397. The first kappa shape index (κ1) is 26.2. The second-order valence-electron chi connectivity index (χ2n) is 9.14. The molecule has 1 fully saturated rings. The van der Waals surface area contributed by atoms with Gasteiger partial charge in [0.05, 0.1) is 0 Å². The first-order valence-electron chi connectivity index (χ1n) is 13.2. The van der Waals surface area contributed by atoms with Gasteiger partial charge >= 0.3 is 5.97 Å². The van der Waals surface area contributed by atoms with E-state index in [1.54, 1.807) is 0 Å². The molecule has 0 radical (unpaired) electrons. The molecule has 0 aliphatic heterocycles. The average Bonchev–Trinajstić information content (AvgIpc) is 3.22. The van der Waals surface area contributed by atoms with Gasteiger partial charge < -0.3 is 4.74 Å². The van der Waals surface area contributed by atoms with Gasteiger partial charge in [0.25, 0.3) is 0 Å². The van der Waals surface area contributed by atoms with Gasteiger partial charge in [-0.3, -0.25) is 4.79 Å². The summed E-state index contributed by atoms with van der Waals surface area (Å²) in [6.07, 6.45) is 32.9. The molecule has 2 nitrogen and oxygen atoms in total. The molecule has 0 heterocycles. The predicted molar refractivity (Wildman–Crippen MR) is 126 cm³/mol. The molecule has 0 N–H and O–H groups in total. The highest BCUT2D eigenvalue weighted by Gasteiger charge is 2.18. The van der Waals surface area contributed by atoms with Crippen LogP contribution in [0.2, 0.25) is 0 Å². The maximum atomic E-state index is 11.8. The highest BCUT2D eigenvalue weighted by molar-refractivity contribution is 5.69. The molecule has 0 amide bonds. The van der Waals surface area contributed by atoms with E-state index in [2.05, 4.69) is 19.1 Å². The summed E-state index contributed by atoms with van der Waals surface area (Å²) in [6, 6.07) is 0. The Morgan fingerprint density at radius 3 is 1.66 bits per heavy atom. The Balaban J connectivity index is 1.71. The minimum Gasteiger partial charge on any atom is -0.462 e. The van der Waals surface area contributed by atoms with Crippen molar-refractivity contribution in [2.45, 2.75) is 154 Å². The van der Waals surface area contributed by atoms with Crippen LogP contribution in [0.15, 0.2) is 12.2 Å². The molecule has 0 bridgehead atoms. The largest absolute Gasteiger partial charge is 0.462 e. The average molecular weight is 407 g/mol. The summed E-state index contributed by atoms with van der Waals surface area (Å²) < 4.78 is 5.50. The van der Waals surface area contributed by atoms with Gasteiger partial charge in [-0.2, -0.15) is 0 Å². The standard InChI is InChI=1S/C27H50O2/c1-2-3-4-5-6-7-8-9-10-11-12-13-14-15-16-17-18-19-20-25-27(28)29-26-23-21-22-24-26/h9-10,26H,2-8,11-25H2,1H3/b10-9+. The van der Waals surface area contributed by atoms with Crippen LogP contribution in [-0.4, -0.2) is 12.1 Å². The Hall–Kier alpha value is -0.790. The molecular weight excluding hydrogens is 356 g/mol. The summed E-state index contributed by atoms with van der Waals surface area (Å²) in [4.78, 5) is 11.8. The lowest BCUT2D eigenvalue weighted by Gasteiger charge is -2.10. The van der Waals surface area contributed by atoms with Crippen molar-refractivity contribution < 1.29 is 9.53 Å². The van der Waals surface area contributed by atoms with Crippen molar-refractivity contribution in [1.29, 1.82) is 0 Å². The Morgan fingerprint density at radius 1 is 0.690 bits per heavy atom. The van der Waals surface area contributed by atoms with Crippen molar-refractivity contribution in [2.75, 3.05) is 0 Å². The number of esters is 1. The molecule has 1 aliphatic carbocycles. The third-order valence-electron chi connectivity index (χ3n) is 6.24. The van der Waals surface area contributed by atoms with Crippen LogP contribution in [0.1, 0.15) is 148 Å². The molecule has 0 spiro atoms. The van der Waals surface area contributed by atoms with Crippen molar-refractivity contribution in [1.82, 2.24) is 0 Å². The van der Waals surface area contributed by atoms with Crippen LogP contribution in [0.3, 0.4) is 0 Å². The number of allylic oxidation sites excluding steroid dienone is 2. The van der Waals surface area contributed by atoms with Crippen molar-refractivity contribution in [2.24, 2.45) is 0 Å². The number of rotatable bonds is 20. The number of carbonyl (C=O) groups is 1. The second-order valence-corrected chi connectivity index (χ2v) is 9.14. The molecule has 29 heavy (non-hydrogen) atoms. The maximum absolute atomic E-state index is 11.8. The molecule has 170 valence electrons. The van der Waals surface area contributed by atoms with E-state index in [1.807, 2.05) is 0 Å². The predicted octanol–water partition coefficient (Wildman–Crippen LogP) is 9.07. The fourth-order valence-corrected chi connectivity index (χ4v) is 4.30. The fourth-order valence-electron chi connectivity index (χ4n) is 4.30. The molecule has 0 aromatic rings. The summed E-state index contributed by atoms with van der Waals surface area (Å²) in [5.74, 6) is 0.0397. The molecule has 0 aromatic carbocycles. The first-order valence-corrected chi connectivity index (χ1v) is 13.2. The van der Waals surface area contributed by atoms with E-state index in [-0.39, 0.29) is 12.1 Å². The topological polar surface area (TPSA) is 26.3 Å². The zero-order valence-corrected chi connectivity index (χ0v) is 19.6. The lowest BCUT2D eigenvalue weighted by molar-refractivity contribution is -0.148. The molecule has 0 aromatic heterocycles. The maximum Gasteiger partial charge on any atom is 0.306 e. The number of unbranched alkanes of at least 4 members (excludes halogenated alkanes) is 15. The smallest absolute Gasteiger partial charge is 0.306 e. The van der Waals surface area contributed by atoms with Crippen LogP contribution in [0.5, 0.6) is 0 Å². The van der Waals surface area contributed by atoms with Crippen LogP contribution < -0.4 is 0 Å². The summed E-state index contributed by atoms with van der Waals surface area (Å²) in [5.41, 5.74) is 0. The normalized spacial score (nSPS) is 14.8. The van der Waals surface area contributed by atoms with Crippen molar-refractivity contribution in [3.05, 3.63) is 12.2 Å². The van der Waals surface area contributed by atoms with Crippen LogP contribution in [0.4, 0.5) is 0 Å². The van der Waals surface area contributed by atoms with Crippen molar-refractivity contribution >= 4 is 5.97 Å². The number of carbonyl (C=O) groups excluding carboxylic acids is 1. The van der Waals surface area contributed by atoms with E-state index in [0.29, 0.717) is 6.42 Å². The number of hydrogen-bond donors (Lipinski definition) is 0. The van der Waals surface area contributed by atoms with E-state index in [1.165, 1.54) is 116 Å². The van der Waals surface area contributed by atoms with Gasteiger partial charge in [-0.25, -0.2) is 0 Å². The van der Waals surface area contributed by atoms with Crippen molar-refractivity contribution in [3.8, 4) is 0 Å². The highest BCUT2D eigenvalue weighted by atomic mass is 16.5. The van der Waals surface area contributed by atoms with E-state index < -0.39 is 0 Å². The SMILES string of the molecule is CCCCCCCC/C=C/CCCCCCCCCCCC(=O)OC1CCCC1. The minimum atomic E-state index is 0.0397. The third-order valence-corrected chi connectivity index (χ3v) is 6.24. The Labute approximate surface area is 182 Å². The Kier molecular flexibility index (Phi) is 18.5. The lowest BCUT2D eigenvalue weighted by atomic mass is 10.1. The summed E-state index contributed by atoms with van der Waals surface area (Å²) in [5, 5.41) is 0. The van der Waals surface area contributed by atoms with Gasteiger partial charge in [0.1, 0.15) is 6.10 Å². The lowest BCUT2D eigenvalue weighted by Crippen LogP contribution is -2.14. The van der Waals surface area contributed by atoms with Crippen LogP contribution in [-0.2, 0) is 9.53 Å². The van der Waals surface area contributed by atoms with E-state index in [4.69, 9.17) is 4.74 Å². The van der Waals surface area contributed by atoms with Crippen molar-refractivity contribution in [3.63, 3.8) is 0 Å². The van der Waals surface area contributed by atoms with Crippen LogP contribution in [0.25, 0.3) is 0 Å². The fraction of sp³-hybridized carbons (Fsp3) is 0.889. The molecule has 1 saturated carbocycles. The molecule has 2 heteroatoms. The summed E-state index contributed by atoms with van der Waals surface area (Å²) >= 11 is 0. The second kappa shape index (κ2) is 20.5. The van der Waals surface area contributed by atoms with Gasteiger partial charge in [0, 0.05) is 6.42 Å². The quantitative estimate of drug-likeness (QED) is 0.114. The van der Waals surface area contributed by atoms with E-state index in [9.17, 15) is 4.79 Å². The first-order chi connectivity index (χ1) is 14.3. The van der Waals surface area contributed by atoms with Gasteiger partial charge in [0.2, 0.25) is 0 Å². The monoisotopic (exact) mass is 406 g/mol. The van der Waals surface area contributed by atoms with E-state index >= 15 is 0 Å². The van der Waals surface area contributed by atoms with Crippen LogP contribution in [0, 0.1) is 0 Å². The molecule has 1 aliphatic rings. The number of hydrogen-bond acceptors (Lipinski definition) is 2. The van der Waals surface area contributed by atoms with Gasteiger partial charge in [-0.05, 0) is 57.8 Å². The van der Waals surface area contributed by atoms with Gasteiger partial charge in [0.15, 0.2) is 0 Å². The molecular formula is C27H50O2. The molecule has 0 atom stereocenters. The van der Waals surface area contributed by atoms with E-state index in [0.717, 1.165) is 19.3 Å². The van der Waals surface area contributed by atoms with Gasteiger partial charge in [-0.1, -0.05) is 96.1 Å². The molecule has 0 unspecified atom stereocenters. The Morgan fingerprint density at radius 2 is 1.14 bits per heavy atom. The van der Waals surface area contributed by atoms with Gasteiger partial charge in [-0.15, -0.1) is 0 Å². The third kappa shape index (κ3) is 17.8. The Bertz CT molecular complexity index is 382. The zero-order chi connectivity index (χ0) is 20.8.